The fourth-order valence-electron chi connectivity index (χ4n) is 6.32. The Labute approximate surface area is 271 Å². The molecule has 4 atom stereocenters. The zero-order valence-corrected chi connectivity index (χ0v) is 26.8. The van der Waals surface area contributed by atoms with E-state index >= 15 is 0 Å². The van der Waals surface area contributed by atoms with E-state index < -0.39 is 54.6 Å². The molecule has 1 aliphatic heterocycles. The van der Waals surface area contributed by atoms with E-state index in [4.69, 9.17) is 9.84 Å². The molecular weight excluding hydrogens is 586 g/mol. The van der Waals surface area contributed by atoms with Crippen LogP contribution in [-0.4, -0.2) is 92.7 Å². The molecule has 9 nitrogen and oxygen atoms in total. The van der Waals surface area contributed by atoms with E-state index in [1.54, 1.807) is 38.1 Å². The SMILES string of the molecule is CC(C)(C(=O)OC[C@@H](O)[C@H](O)[C@@H](O)CO)c1ccc(C(O)CCCN2CCC(C(O)(c3ccccc3)c3ccccc3)CC2)cc1. The first-order chi connectivity index (χ1) is 22.0. The number of aliphatic hydroxyl groups is 6. The van der Waals surface area contributed by atoms with Gasteiger partial charge in [0.2, 0.25) is 0 Å². The summed E-state index contributed by atoms with van der Waals surface area (Å²) in [7, 11) is 0. The summed E-state index contributed by atoms with van der Waals surface area (Å²) >= 11 is 0. The van der Waals surface area contributed by atoms with Gasteiger partial charge in [-0.05, 0) is 87.3 Å². The summed E-state index contributed by atoms with van der Waals surface area (Å²) in [6, 6.07) is 27.0. The number of aliphatic hydroxyl groups excluding tert-OH is 5. The van der Waals surface area contributed by atoms with Crippen LogP contribution in [0.5, 0.6) is 0 Å². The molecular formula is C37H49NO8. The Hall–Kier alpha value is -3.15. The van der Waals surface area contributed by atoms with Crippen LogP contribution in [0.15, 0.2) is 84.9 Å². The molecule has 1 saturated heterocycles. The normalized spacial score (nSPS) is 17.7. The molecule has 0 amide bonds. The number of carbonyl (C=O) groups excluding carboxylic acids is 1. The summed E-state index contributed by atoms with van der Waals surface area (Å²) in [5, 5.41) is 61.1. The molecule has 46 heavy (non-hydrogen) atoms. The lowest BCUT2D eigenvalue weighted by atomic mass is 9.72. The van der Waals surface area contributed by atoms with Crippen molar-refractivity contribution in [3.8, 4) is 0 Å². The highest BCUT2D eigenvalue weighted by atomic mass is 16.5. The summed E-state index contributed by atoms with van der Waals surface area (Å²) in [5.74, 6) is -0.532. The third-order valence-corrected chi connectivity index (χ3v) is 9.45. The number of likely N-dealkylation sites (tertiary alicyclic amines) is 1. The second-order valence-corrected chi connectivity index (χ2v) is 12.9. The molecule has 0 radical (unpaired) electrons. The second-order valence-electron chi connectivity index (χ2n) is 12.9. The van der Waals surface area contributed by atoms with Crippen molar-refractivity contribution in [1.82, 2.24) is 4.90 Å². The molecule has 3 aromatic rings. The Bertz CT molecular complexity index is 1300. The minimum Gasteiger partial charge on any atom is -0.462 e. The lowest BCUT2D eigenvalue weighted by Crippen LogP contribution is -2.44. The van der Waals surface area contributed by atoms with Crippen LogP contribution in [0, 0.1) is 5.92 Å². The Balaban J connectivity index is 1.25. The zero-order valence-electron chi connectivity index (χ0n) is 26.8. The number of hydrogen-bond donors (Lipinski definition) is 6. The van der Waals surface area contributed by atoms with Gasteiger partial charge in [-0.1, -0.05) is 84.9 Å². The van der Waals surface area contributed by atoms with Crippen molar-refractivity contribution < 1.29 is 40.2 Å². The van der Waals surface area contributed by atoms with Gasteiger partial charge in [0.25, 0.3) is 0 Å². The maximum atomic E-state index is 12.8. The Kier molecular flexibility index (Phi) is 12.5. The number of benzene rings is 3. The van der Waals surface area contributed by atoms with E-state index in [1.165, 1.54) is 0 Å². The first-order valence-electron chi connectivity index (χ1n) is 16.1. The van der Waals surface area contributed by atoms with E-state index in [9.17, 15) is 30.3 Å². The number of ether oxygens (including phenoxy) is 1. The molecule has 4 rings (SSSR count). The predicted octanol–water partition coefficient (Wildman–Crippen LogP) is 3.04. The third-order valence-electron chi connectivity index (χ3n) is 9.45. The number of nitrogens with zero attached hydrogens (tertiary/aromatic N) is 1. The number of hydrogen-bond acceptors (Lipinski definition) is 9. The summed E-state index contributed by atoms with van der Waals surface area (Å²) in [5.41, 5.74) is 1.14. The maximum Gasteiger partial charge on any atom is 0.316 e. The Morgan fingerprint density at radius 2 is 1.37 bits per heavy atom. The highest BCUT2D eigenvalue weighted by molar-refractivity contribution is 5.82. The molecule has 3 aromatic carbocycles. The summed E-state index contributed by atoms with van der Waals surface area (Å²) < 4.78 is 5.19. The molecule has 1 fully saturated rings. The van der Waals surface area contributed by atoms with Gasteiger partial charge in [-0.2, -0.15) is 0 Å². The molecule has 1 aliphatic rings. The minimum atomic E-state index is -1.65. The van der Waals surface area contributed by atoms with Crippen LogP contribution in [0.25, 0.3) is 0 Å². The Morgan fingerprint density at radius 1 is 0.826 bits per heavy atom. The molecule has 0 bridgehead atoms. The smallest absolute Gasteiger partial charge is 0.316 e. The second kappa shape index (κ2) is 16.1. The molecule has 0 saturated carbocycles. The average molecular weight is 636 g/mol. The van der Waals surface area contributed by atoms with Gasteiger partial charge in [0, 0.05) is 0 Å². The number of piperidine rings is 1. The van der Waals surface area contributed by atoms with Gasteiger partial charge >= 0.3 is 5.97 Å². The van der Waals surface area contributed by atoms with Gasteiger partial charge in [0.05, 0.1) is 18.1 Å². The highest BCUT2D eigenvalue weighted by Gasteiger charge is 2.41. The van der Waals surface area contributed by atoms with Crippen molar-refractivity contribution in [3.05, 3.63) is 107 Å². The maximum absolute atomic E-state index is 12.8. The molecule has 0 spiro atoms. The monoisotopic (exact) mass is 635 g/mol. The van der Waals surface area contributed by atoms with Crippen LogP contribution in [-0.2, 0) is 20.5 Å². The summed E-state index contributed by atoms with van der Waals surface area (Å²) in [6.45, 7) is 4.69. The van der Waals surface area contributed by atoms with Crippen molar-refractivity contribution in [2.75, 3.05) is 32.8 Å². The standard InChI is InChI=1S/C37H49NO8/c1-36(2,35(44)46-25-33(42)34(43)32(41)24-39)27-17-15-26(16-18-27)31(40)14-9-21-38-22-19-30(20-23-38)37(45,28-10-5-3-6-11-28)29-12-7-4-8-13-29/h3-8,10-13,15-18,30-34,39-43,45H,9,14,19-25H2,1-2H3/t31?,32-,33+,34+/m0/s1. The molecule has 6 N–H and O–H groups in total. The van der Waals surface area contributed by atoms with E-state index in [0.717, 1.165) is 55.6 Å². The zero-order chi connectivity index (χ0) is 33.3. The van der Waals surface area contributed by atoms with Crippen LogP contribution < -0.4 is 0 Å². The van der Waals surface area contributed by atoms with Gasteiger partial charge < -0.3 is 40.3 Å². The summed E-state index contributed by atoms with van der Waals surface area (Å²) in [6.07, 6.45) is -2.25. The molecule has 0 aromatic heterocycles. The van der Waals surface area contributed by atoms with E-state index in [2.05, 4.69) is 4.90 Å². The van der Waals surface area contributed by atoms with Crippen LogP contribution in [0.3, 0.4) is 0 Å². The van der Waals surface area contributed by atoms with Crippen molar-refractivity contribution in [1.29, 1.82) is 0 Å². The molecule has 1 heterocycles. The van der Waals surface area contributed by atoms with Crippen molar-refractivity contribution in [2.24, 2.45) is 5.92 Å². The molecule has 250 valence electrons. The van der Waals surface area contributed by atoms with Crippen molar-refractivity contribution in [2.45, 2.75) is 75.0 Å². The van der Waals surface area contributed by atoms with Gasteiger partial charge in [-0.3, -0.25) is 4.79 Å². The Morgan fingerprint density at radius 3 is 1.89 bits per heavy atom. The quantitative estimate of drug-likeness (QED) is 0.139. The van der Waals surface area contributed by atoms with Gasteiger partial charge in [0.15, 0.2) is 0 Å². The number of carbonyl (C=O) groups is 1. The van der Waals surface area contributed by atoms with Gasteiger partial charge in [0.1, 0.15) is 30.5 Å². The van der Waals surface area contributed by atoms with Crippen molar-refractivity contribution in [3.63, 3.8) is 0 Å². The van der Waals surface area contributed by atoms with Crippen LogP contribution in [0.1, 0.15) is 67.9 Å². The number of rotatable bonds is 15. The average Bonchev–Trinajstić information content (AvgIpc) is 3.10. The third kappa shape index (κ3) is 8.41. The van der Waals surface area contributed by atoms with Gasteiger partial charge in [-0.25, -0.2) is 0 Å². The topological polar surface area (TPSA) is 151 Å². The number of esters is 1. The first-order valence-corrected chi connectivity index (χ1v) is 16.1. The molecule has 1 unspecified atom stereocenters. The predicted molar refractivity (Wildman–Crippen MR) is 175 cm³/mol. The molecule has 0 aliphatic carbocycles. The van der Waals surface area contributed by atoms with Crippen molar-refractivity contribution >= 4 is 5.97 Å². The lowest BCUT2D eigenvalue weighted by Gasteiger charge is -2.42. The summed E-state index contributed by atoms with van der Waals surface area (Å²) in [4.78, 5) is 15.2. The van der Waals surface area contributed by atoms with Crippen LogP contribution in [0.4, 0.5) is 0 Å². The van der Waals surface area contributed by atoms with Crippen LogP contribution in [0.2, 0.25) is 0 Å². The lowest BCUT2D eigenvalue weighted by molar-refractivity contribution is -0.157. The van der Waals surface area contributed by atoms with E-state index in [0.29, 0.717) is 12.0 Å². The minimum absolute atomic E-state index is 0.0926. The highest BCUT2D eigenvalue weighted by Crippen LogP contribution is 2.42. The molecule has 9 heteroatoms. The fraction of sp³-hybridized carbons (Fsp3) is 0.486. The first kappa shape index (κ1) is 35.7. The van der Waals surface area contributed by atoms with E-state index in [-0.39, 0.29) is 5.92 Å². The van der Waals surface area contributed by atoms with Gasteiger partial charge in [-0.15, -0.1) is 0 Å². The van der Waals surface area contributed by atoms with Crippen LogP contribution >= 0.6 is 0 Å². The van der Waals surface area contributed by atoms with E-state index in [1.807, 2.05) is 60.7 Å². The fourth-order valence-corrected chi connectivity index (χ4v) is 6.32. The largest absolute Gasteiger partial charge is 0.462 e.